The van der Waals surface area contributed by atoms with Crippen molar-refractivity contribution in [2.24, 2.45) is 0 Å². The summed E-state index contributed by atoms with van der Waals surface area (Å²) < 4.78 is 0.360. The minimum atomic E-state index is 0.360. The van der Waals surface area contributed by atoms with Crippen LogP contribution in [0.5, 0.6) is 0 Å². The monoisotopic (exact) mass is 241 g/mol. The van der Waals surface area contributed by atoms with Crippen molar-refractivity contribution in [1.29, 1.82) is 0 Å². The Hall–Kier alpha value is -0.0513. The van der Waals surface area contributed by atoms with Gasteiger partial charge in [-0.2, -0.15) is 0 Å². The molecule has 0 N–H and O–H groups in total. The molecule has 0 atom stereocenters. The first-order chi connectivity index (χ1) is 4.61. The molecule has 0 unspecified atom stereocenters. The first kappa shape index (κ1) is 8.05. The second-order valence-corrected chi connectivity index (χ2v) is 7.08. The Bertz CT molecular complexity index is 200. The molecule has 0 aliphatic carbocycles. The van der Waals surface area contributed by atoms with E-state index in [4.69, 9.17) is 0 Å². The Morgan fingerprint density at radius 1 is 1.50 bits per heavy atom. The molecule has 0 fully saturated rings. The van der Waals surface area contributed by atoms with Gasteiger partial charge >= 0.3 is 74.9 Å². The van der Waals surface area contributed by atoms with Crippen molar-refractivity contribution in [1.82, 2.24) is 4.98 Å². The van der Waals surface area contributed by atoms with Crippen molar-refractivity contribution in [3.8, 4) is 0 Å². The van der Waals surface area contributed by atoms with Gasteiger partial charge in [-0.05, 0) is 0 Å². The fourth-order valence-electron chi connectivity index (χ4n) is 0.744. The first-order valence-electron chi connectivity index (χ1n) is 3.30. The summed E-state index contributed by atoms with van der Waals surface area (Å²) in [6.07, 6.45) is 3.76. The van der Waals surface area contributed by atoms with Gasteiger partial charge in [-0.15, -0.1) is 0 Å². The second-order valence-electron chi connectivity index (χ2n) is 2.96. The minimum absolute atomic E-state index is 0.360. The van der Waals surface area contributed by atoms with E-state index in [0.29, 0.717) is 3.43 Å². The van der Waals surface area contributed by atoms with E-state index >= 15 is 0 Å². The molecule has 52 valence electrons. The Balaban J connectivity index is 2.97. The van der Waals surface area contributed by atoms with E-state index in [-0.39, 0.29) is 0 Å². The molecule has 1 aromatic heterocycles. The number of hydrogen-bond acceptors (Lipinski definition) is 1. The molecule has 0 aliphatic heterocycles. The van der Waals surface area contributed by atoms with Gasteiger partial charge in [0.1, 0.15) is 0 Å². The van der Waals surface area contributed by atoms with Crippen LogP contribution in [0.2, 0.25) is 0 Å². The van der Waals surface area contributed by atoms with Gasteiger partial charge in [0.05, 0.1) is 0 Å². The quantitative estimate of drug-likeness (QED) is 0.672. The van der Waals surface area contributed by atoms with Gasteiger partial charge < -0.3 is 0 Å². The summed E-state index contributed by atoms with van der Waals surface area (Å²) >= 11 is 1.24. The van der Waals surface area contributed by atoms with Gasteiger partial charge in [0.15, 0.2) is 0 Å². The Kier molecular flexibility index (Phi) is 2.34. The fraction of sp³-hybridized carbons (Fsp3) is 0.375. The number of nitrogens with zero attached hydrogens (tertiary/aromatic N) is 1. The van der Waals surface area contributed by atoms with Crippen LogP contribution in [0.4, 0.5) is 0 Å². The van der Waals surface area contributed by atoms with Crippen LogP contribution in [0.15, 0.2) is 24.5 Å². The molecular weight excluding hydrogens is 229 g/mol. The topological polar surface area (TPSA) is 12.9 Å². The third kappa shape index (κ3) is 1.97. The summed E-state index contributed by atoms with van der Waals surface area (Å²) in [5.74, 6) is 0. The standard InChI is InChI=1S/C8H10N.Sn.H/c1-7(2)8-4-3-5-9-6-8;;/h3-6H,1-2H3;;. The maximum atomic E-state index is 4.07. The third-order valence-electron chi connectivity index (χ3n) is 1.41. The predicted octanol–water partition coefficient (Wildman–Crippen LogP) is 1.22. The summed E-state index contributed by atoms with van der Waals surface area (Å²) in [4.78, 5) is 4.07. The van der Waals surface area contributed by atoms with Crippen molar-refractivity contribution in [3.63, 3.8) is 0 Å². The zero-order valence-corrected chi connectivity index (χ0v) is 9.63. The molecule has 0 bridgehead atoms. The summed E-state index contributed by atoms with van der Waals surface area (Å²) in [5, 5.41) is 0. The van der Waals surface area contributed by atoms with Crippen LogP contribution < -0.4 is 0 Å². The second kappa shape index (κ2) is 2.91. The zero-order chi connectivity index (χ0) is 7.61. The maximum absolute atomic E-state index is 4.07. The van der Waals surface area contributed by atoms with Crippen molar-refractivity contribution in [2.45, 2.75) is 17.3 Å². The number of rotatable bonds is 1. The van der Waals surface area contributed by atoms with Crippen molar-refractivity contribution < 1.29 is 0 Å². The van der Waals surface area contributed by atoms with Crippen LogP contribution in [-0.4, -0.2) is 27.5 Å². The molecule has 2 heteroatoms. The molecule has 10 heavy (non-hydrogen) atoms. The van der Waals surface area contributed by atoms with Gasteiger partial charge in [0.2, 0.25) is 0 Å². The average Bonchev–Trinajstić information content (AvgIpc) is 1.88. The number of aromatic nitrogens is 1. The molecule has 0 saturated carbocycles. The molecule has 0 saturated heterocycles. The van der Waals surface area contributed by atoms with Crippen molar-refractivity contribution >= 4 is 22.5 Å². The molecule has 2 radical (unpaired) electrons. The van der Waals surface area contributed by atoms with Crippen LogP contribution >= 0.6 is 0 Å². The summed E-state index contributed by atoms with van der Waals surface area (Å²) in [6.45, 7) is 4.48. The van der Waals surface area contributed by atoms with Crippen LogP contribution in [0, 0.1) is 0 Å². The number of pyridine rings is 1. The zero-order valence-electron chi connectivity index (χ0n) is 6.33. The van der Waals surface area contributed by atoms with Crippen LogP contribution in [-0.2, 0) is 3.43 Å². The predicted molar refractivity (Wildman–Crippen MR) is 44.4 cm³/mol. The average molecular weight is 240 g/mol. The van der Waals surface area contributed by atoms with Crippen molar-refractivity contribution in [3.05, 3.63) is 30.1 Å². The van der Waals surface area contributed by atoms with E-state index in [1.807, 2.05) is 18.5 Å². The number of hydrogen-bond donors (Lipinski definition) is 0. The van der Waals surface area contributed by atoms with Crippen LogP contribution in [0.25, 0.3) is 0 Å². The fourth-order valence-corrected chi connectivity index (χ4v) is 1.23. The van der Waals surface area contributed by atoms with Gasteiger partial charge in [-0.1, -0.05) is 0 Å². The summed E-state index contributed by atoms with van der Waals surface area (Å²) in [6, 6.07) is 4.13. The SMILES string of the molecule is C[C](C)([SnH])c1cccnc1. The third-order valence-corrected chi connectivity index (χ3v) is 2.36. The summed E-state index contributed by atoms with van der Waals surface area (Å²) in [5.41, 5.74) is 1.34. The van der Waals surface area contributed by atoms with Gasteiger partial charge in [0.25, 0.3) is 0 Å². The molecular formula is C8H11NSn. The molecule has 1 heterocycles. The Morgan fingerprint density at radius 2 is 2.20 bits per heavy atom. The summed E-state index contributed by atoms with van der Waals surface area (Å²) in [7, 11) is 0. The molecule has 0 aromatic carbocycles. The Labute approximate surface area is 75.0 Å². The van der Waals surface area contributed by atoms with E-state index in [2.05, 4.69) is 24.9 Å². The van der Waals surface area contributed by atoms with E-state index in [0.717, 1.165) is 0 Å². The molecule has 1 aromatic rings. The molecule has 0 aliphatic rings. The van der Waals surface area contributed by atoms with Gasteiger partial charge in [-0.25, -0.2) is 0 Å². The first-order valence-corrected chi connectivity index (χ1v) is 4.95. The van der Waals surface area contributed by atoms with Crippen LogP contribution in [0.3, 0.4) is 0 Å². The Morgan fingerprint density at radius 3 is 2.50 bits per heavy atom. The van der Waals surface area contributed by atoms with E-state index in [9.17, 15) is 0 Å². The molecule has 1 rings (SSSR count). The van der Waals surface area contributed by atoms with E-state index in [1.165, 1.54) is 28.1 Å². The van der Waals surface area contributed by atoms with Gasteiger partial charge in [0, 0.05) is 0 Å². The van der Waals surface area contributed by atoms with Crippen molar-refractivity contribution in [2.75, 3.05) is 0 Å². The van der Waals surface area contributed by atoms with E-state index in [1.54, 1.807) is 0 Å². The molecule has 0 spiro atoms. The molecule has 1 nitrogen and oxygen atoms in total. The van der Waals surface area contributed by atoms with Crippen LogP contribution in [0.1, 0.15) is 19.4 Å². The molecule has 0 amide bonds. The van der Waals surface area contributed by atoms with Gasteiger partial charge in [-0.3, -0.25) is 0 Å². The normalized spacial score (nSPS) is 11.5. The van der Waals surface area contributed by atoms with E-state index < -0.39 is 0 Å².